The Morgan fingerprint density at radius 1 is 1.36 bits per heavy atom. The van der Waals surface area contributed by atoms with Crippen molar-refractivity contribution in [1.82, 2.24) is 14.8 Å². The third-order valence-electron chi connectivity index (χ3n) is 4.22. The Morgan fingerprint density at radius 2 is 2.09 bits per heavy atom. The molecule has 22 heavy (non-hydrogen) atoms. The summed E-state index contributed by atoms with van der Waals surface area (Å²) in [6.07, 6.45) is 6.36. The fraction of sp³-hybridized carbons (Fsp3) is 0.588. The van der Waals surface area contributed by atoms with Crippen LogP contribution in [0.4, 0.5) is 0 Å². The number of likely N-dealkylation sites (N-methyl/N-ethyl adjacent to an activating group) is 1. The molecule has 1 fully saturated rings. The van der Waals surface area contributed by atoms with Gasteiger partial charge in [0.1, 0.15) is 0 Å². The average Bonchev–Trinajstić information content (AvgIpc) is 2.55. The molecule has 1 atom stereocenters. The van der Waals surface area contributed by atoms with Gasteiger partial charge in [0.2, 0.25) is 0 Å². The molecule has 1 unspecified atom stereocenters. The molecule has 1 aliphatic heterocycles. The molecule has 1 aromatic rings. The number of rotatable bonds is 4. The maximum atomic E-state index is 12.4. The van der Waals surface area contributed by atoms with E-state index in [1.54, 1.807) is 22.2 Å². The Hall–Kier alpha value is -1.91. The first-order valence-corrected chi connectivity index (χ1v) is 8.09. The van der Waals surface area contributed by atoms with Gasteiger partial charge in [0.05, 0.1) is 0 Å². The summed E-state index contributed by atoms with van der Waals surface area (Å²) < 4.78 is 0. The zero-order chi connectivity index (χ0) is 15.9. The summed E-state index contributed by atoms with van der Waals surface area (Å²) >= 11 is 0. The van der Waals surface area contributed by atoms with E-state index in [9.17, 15) is 9.59 Å². The average molecular weight is 303 g/mol. The van der Waals surface area contributed by atoms with Crippen molar-refractivity contribution < 1.29 is 9.59 Å². The van der Waals surface area contributed by atoms with Crippen molar-refractivity contribution in [3.8, 4) is 0 Å². The number of aromatic nitrogens is 1. The van der Waals surface area contributed by atoms with Crippen molar-refractivity contribution >= 4 is 11.8 Å². The zero-order valence-corrected chi connectivity index (χ0v) is 13.5. The molecule has 5 heteroatoms. The molecule has 1 saturated heterocycles. The van der Waals surface area contributed by atoms with Crippen molar-refractivity contribution in [3.05, 3.63) is 30.1 Å². The van der Waals surface area contributed by atoms with Gasteiger partial charge in [-0.3, -0.25) is 14.6 Å². The summed E-state index contributed by atoms with van der Waals surface area (Å²) in [6.45, 7) is 6.57. The smallest absolute Gasteiger partial charge is 0.312 e. The summed E-state index contributed by atoms with van der Waals surface area (Å²) in [5.74, 6) is -0.230. The largest absolute Gasteiger partial charge is 0.334 e. The van der Waals surface area contributed by atoms with E-state index < -0.39 is 0 Å². The third-order valence-corrected chi connectivity index (χ3v) is 4.22. The first-order chi connectivity index (χ1) is 10.6. The molecular formula is C17H25N3O2. The quantitative estimate of drug-likeness (QED) is 0.796. The van der Waals surface area contributed by atoms with Crippen LogP contribution >= 0.6 is 0 Å². The second-order valence-corrected chi connectivity index (χ2v) is 5.99. The van der Waals surface area contributed by atoms with Crippen LogP contribution in [0.1, 0.15) is 32.3 Å². The van der Waals surface area contributed by atoms with Crippen LogP contribution < -0.4 is 0 Å². The summed E-state index contributed by atoms with van der Waals surface area (Å²) in [5, 5.41) is 0. The zero-order valence-electron chi connectivity index (χ0n) is 13.5. The maximum absolute atomic E-state index is 12.4. The fourth-order valence-corrected chi connectivity index (χ4v) is 2.86. The van der Waals surface area contributed by atoms with Gasteiger partial charge < -0.3 is 9.80 Å². The van der Waals surface area contributed by atoms with Crippen LogP contribution in [0, 0.1) is 5.92 Å². The van der Waals surface area contributed by atoms with Gasteiger partial charge in [-0.25, -0.2) is 0 Å². The molecule has 0 aliphatic carbocycles. The van der Waals surface area contributed by atoms with E-state index >= 15 is 0 Å². The van der Waals surface area contributed by atoms with E-state index in [0.717, 1.165) is 24.8 Å². The SMILES string of the molecule is CCN(CCc1ccncc1)C(=O)C(=O)N1CCCC(C)C1. The van der Waals surface area contributed by atoms with Gasteiger partial charge in [0.15, 0.2) is 0 Å². The molecule has 2 amide bonds. The van der Waals surface area contributed by atoms with Crippen LogP contribution in [0.15, 0.2) is 24.5 Å². The lowest BCUT2D eigenvalue weighted by Gasteiger charge is -2.32. The molecule has 2 heterocycles. The normalized spacial score (nSPS) is 18.1. The van der Waals surface area contributed by atoms with E-state index in [4.69, 9.17) is 0 Å². The van der Waals surface area contributed by atoms with Crippen LogP contribution in [0.3, 0.4) is 0 Å². The highest BCUT2D eigenvalue weighted by molar-refractivity contribution is 6.34. The number of hydrogen-bond donors (Lipinski definition) is 0. The lowest BCUT2D eigenvalue weighted by atomic mass is 10.0. The number of carbonyl (C=O) groups is 2. The Morgan fingerprint density at radius 3 is 2.73 bits per heavy atom. The van der Waals surface area contributed by atoms with Crippen molar-refractivity contribution in [2.45, 2.75) is 33.1 Å². The first kappa shape index (κ1) is 16.5. The Labute approximate surface area is 132 Å². The number of amides is 2. The van der Waals surface area contributed by atoms with Crippen molar-refractivity contribution in [2.24, 2.45) is 5.92 Å². The second kappa shape index (κ2) is 7.92. The van der Waals surface area contributed by atoms with E-state index in [1.165, 1.54) is 0 Å². The lowest BCUT2D eigenvalue weighted by molar-refractivity contribution is -0.152. The van der Waals surface area contributed by atoms with Crippen LogP contribution in [0.25, 0.3) is 0 Å². The molecule has 0 radical (unpaired) electrons. The number of hydrogen-bond acceptors (Lipinski definition) is 3. The molecule has 0 spiro atoms. The van der Waals surface area contributed by atoms with Crippen LogP contribution in [0.5, 0.6) is 0 Å². The minimum absolute atomic E-state index is 0.344. The summed E-state index contributed by atoms with van der Waals surface area (Å²) in [6, 6.07) is 3.87. The van der Waals surface area contributed by atoms with Gasteiger partial charge in [0, 0.05) is 38.6 Å². The fourth-order valence-electron chi connectivity index (χ4n) is 2.86. The highest BCUT2D eigenvalue weighted by Crippen LogP contribution is 2.16. The van der Waals surface area contributed by atoms with Gasteiger partial charge >= 0.3 is 11.8 Å². The van der Waals surface area contributed by atoms with Gasteiger partial charge in [-0.2, -0.15) is 0 Å². The monoisotopic (exact) mass is 303 g/mol. The first-order valence-electron chi connectivity index (χ1n) is 8.09. The molecule has 1 aliphatic rings. The molecule has 2 rings (SSSR count). The highest BCUT2D eigenvalue weighted by atomic mass is 16.2. The summed E-state index contributed by atoms with van der Waals surface area (Å²) in [4.78, 5) is 32.1. The maximum Gasteiger partial charge on any atom is 0.312 e. The molecule has 120 valence electrons. The van der Waals surface area contributed by atoms with Gasteiger partial charge in [-0.15, -0.1) is 0 Å². The van der Waals surface area contributed by atoms with Crippen LogP contribution in [0.2, 0.25) is 0 Å². The minimum Gasteiger partial charge on any atom is -0.334 e. The van der Waals surface area contributed by atoms with E-state index in [1.807, 2.05) is 19.1 Å². The van der Waals surface area contributed by atoms with Crippen molar-refractivity contribution in [1.29, 1.82) is 0 Å². The molecule has 1 aromatic heterocycles. The standard InChI is InChI=1S/C17H25N3O2/c1-3-19(12-8-15-6-9-18-10-7-15)16(21)17(22)20-11-4-5-14(2)13-20/h6-7,9-10,14H,3-5,8,11-13H2,1-2H3. The Bertz CT molecular complexity index is 504. The van der Waals surface area contributed by atoms with E-state index in [2.05, 4.69) is 11.9 Å². The van der Waals surface area contributed by atoms with Crippen molar-refractivity contribution in [2.75, 3.05) is 26.2 Å². The molecular weight excluding hydrogens is 278 g/mol. The predicted octanol–water partition coefficient (Wildman–Crippen LogP) is 1.73. The number of piperidine rings is 1. The van der Waals surface area contributed by atoms with E-state index in [-0.39, 0.29) is 11.8 Å². The predicted molar refractivity (Wildman–Crippen MR) is 85.2 cm³/mol. The summed E-state index contributed by atoms with van der Waals surface area (Å²) in [5.41, 5.74) is 1.13. The number of carbonyl (C=O) groups excluding carboxylic acids is 2. The molecule has 5 nitrogen and oxygen atoms in total. The number of likely N-dealkylation sites (tertiary alicyclic amines) is 1. The van der Waals surface area contributed by atoms with Gasteiger partial charge in [0.25, 0.3) is 0 Å². The molecule has 0 N–H and O–H groups in total. The minimum atomic E-state index is -0.370. The van der Waals surface area contributed by atoms with Gasteiger partial charge in [-0.1, -0.05) is 6.92 Å². The third kappa shape index (κ3) is 4.29. The summed E-state index contributed by atoms with van der Waals surface area (Å²) in [7, 11) is 0. The lowest BCUT2D eigenvalue weighted by Crippen LogP contribution is -2.48. The Kier molecular flexibility index (Phi) is 5.92. The molecule has 0 bridgehead atoms. The van der Waals surface area contributed by atoms with Crippen LogP contribution in [-0.4, -0.2) is 52.8 Å². The topological polar surface area (TPSA) is 53.5 Å². The van der Waals surface area contributed by atoms with E-state index in [0.29, 0.717) is 32.1 Å². The van der Waals surface area contributed by atoms with Crippen LogP contribution in [-0.2, 0) is 16.0 Å². The Balaban J connectivity index is 1.91. The van der Waals surface area contributed by atoms with Crippen molar-refractivity contribution in [3.63, 3.8) is 0 Å². The second-order valence-electron chi connectivity index (χ2n) is 5.99. The number of nitrogens with zero attached hydrogens (tertiary/aromatic N) is 3. The van der Waals surface area contributed by atoms with Gasteiger partial charge in [-0.05, 0) is 49.8 Å². The molecule has 0 saturated carbocycles. The number of pyridine rings is 1. The highest BCUT2D eigenvalue weighted by Gasteiger charge is 2.28. The molecule has 0 aromatic carbocycles.